The van der Waals surface area contributed by atoms with Crippen LogP contribution in [0.1, 0.15) is 50.6 Å². The van der Waals surface area contributed by atoms with Gasteiger partial charge in [0.2, 0.25) is 11.6 Å². The van der Waals surface area contributed by atoms with Gasteiger partial charge in [0.1, 0.15) is 6.33 Å². The molecule has 1 saturated carbocycles. The van der Waals surface area contributed by atoms with E-state index in [2.05, 4.69) is 45.9 Å². The summed E-state index contributed by atoms with van der Waals surface area (Å²) in [6.07, 6.45) is 4.59. The zero-order valence-electron chi connectivity index (χ0n) is 16.9. The fourth-order valence-electron chi connectivity index (χ4n) is 5.17. The Hall–Kier alpha value is -2.29. The summed E-state index contributed by atoms with van der Waals surface area (Å²) in [5.41, 5.74) is 1.23. The highest BCUT2D eigenvalue weighted by atomic mass is 32.1. The zero-order chi connectivity index (χ0) is 20.3. The normalized spacial score (nSPS) is 25.8. The van der Waals surface area contributed by atoms with Crippen LogP contribution in [0.3, 0.4) is 0 Å². The lowest BCUT2D eigenvalue weighted by molar-refractivity contribution is -0.383. The standard InChI is InChI=1S/C19H26N6O2S/c1-11-12(2)28-17(22-11)23-15-14(25(26)27)16(21-10-20-15)24-9-19(5)7-13(24)6-18(3,4)8-19/h10,13H,6-9H2,1-5H3,(H,20,21,22,23). The van der Waals surface area contributed by atoms with Crippen LogP contribution in [0.4, 0.5) is 22.5 Å². The van der Waals surface area contributed by atoms with Crippen molar-refractivity contribution in [1.82, 2.24) is 15.0 Å². The van der Waals surface area contributed by atoms with Gasteiger partial charge in [-0.3, -0.25) is 10.1 Å². The smallest absolute Gasteiger partial charge is 0.347 e. The molecule has 1 N–H and O–H groups in total. The van der Waals surface area contributed by atoms with Crippen LogP contribution < -0.4 is 10.2 Å². The van der Waals surface area contributed by atoms with Gasteiger partial charge >= 0.3 is 5.69 Å². The molecule has 0 spiro atoms. The number of aryl methyl sites for hydroxylation is 2. The third-order valence-corrected chi connectivity index (χ3v) is 6.91. The monoisotopic (exact) mass is 402 g/mol. The molecular formula is C19H26N6O2S. The number of anilines is 3. The Morgan fingerprint density at radius 1 is 1.29 bits per heavy atom. The van der Waals surface area contributed by atoms with Gasteiger partial charge in [-0.05, 0) is 43.9 Å². The van der Waals surface area contributed by atoms with Crippen LogP contribution in [0.2, 0.25) is 0 Å². The second-order valence-electron chi connectivity index (χ2n) is 9.28. The summed E-state index contributed by atoms with van der Waals surface area (Å²) < 4.78 is 0. The third-order valence-electron chi connectivity index (χ3n) is 5.93. The molecule has 150 valence electrons. The molecule has 28 heavy (non-hydrogen) atoms. The Labute approximate surface area is 168 Å². The lowest BCUT2D eigenvalue weighted by atomic mass is 9.65. The van der Waals surface area contributed by atoms with Gasteiger partial charge in [0.25, 0.3) is 0 Å². The number of nitrogens with zero attached hydrogens (tertiary/aromatic N) is 5. The Morgan fingerprint density at radius 3 is 2.68 bits per heavy atom. The molecule has 8 nitrogen and oxygen atoms in total. The fourth-order valence-corrected chi connectivity index (χ4v) is 5.99. The van der Waals surface area contributed by atoms with Crippen LogP contribution >= 0.6 is 11.3 Å². The van der Waals surface area contributed by atoms with Crippen LogP contribution in [0.15, 0.2) is 6.33 Å². The summed E-state index contributed by atoms with van der Waals surface area (Å²) in [4.78, 5) is 27.8. The van der Waals surface area contributed by atoms with Crippen LogP contribution in [0.25, 0.3) is 0 Å². The number of aromatic nitrogens is 3. The Kier molecular flexibility index (Phi) is 4.33. The minimum atomic E-state index is -0.374. The predicted octanol–water partition coefficient (Wildman–Crippen LogP) is 4.61. The first-order valence-electron chi connectivity index (χ1n) is 9.54. The Morgan fingerprint density at radius 2 is 2.04 bits per heavy atom. The van der Waals surface area contributed by atoms with Gasteiger partial charge in [-0.25, -0.2) is 15.0 Å². The van der Waals surface area contributed by atoms with Crippen molar-refractivity contribution in [1.29, 1.82) is 0 Å². The first kappa shape index (κ1) is 19.0. The molecule has 2 bridgehead atoms. The molecule has 2 atom stereocenters. The molecular weight excluding hydrogens is 376 g/mol. The van der Waals surface area contributed by atoms with Gasteiger partial charge in [-0.1, -0.05) is 20.8 Å². The molecule has 1 saturated heterocycles. The summed E-state index contributed by atoms with van der Waals surface area (Å²) in [5.74, 6) is 0.619. The molecule has 1 aliphatic carbocycles. The average molecular weight is 403 g/mol. The Bertz CT molecular complexity index is 923. The highest BCUT2D eigenvalue weighted by Gasteiger charge is 2.51. The lowest BCUT2D eigenvalue weighted by Gasteiger charge is -2.39. The van der Waals surface area contributed by atoms with Crippen LogP contribution in [0.5, 0.6) is 0 Å². The summed E-state index contributed by atoms with van der Waals surface area (Å²) >= 11 is 1.46. The van der Waals surface area contributed by atoms with Gasteiger partial charge in [0.05, 0.1) is 10.6 Å². The van der Waals surface area contributed by atoms with E-state index in [9.17, 15) is 10.1 Å². The molecule has 0 amide bonds. The second kappa shape index (κ2) is 6.37. The van der Waals surface area contributed by atoms with Crippen LogP contribution in [0, 0.1) is 34.8 Å². The number of fused-ring (bicyclic) bond motifs is 2. The summed E-state index contributed by atoms with van der Waals surface area (Å²) in [7, 11) is 0. The van der Waals surface area contributed by atoms with Crippen molar-refractivity contribution < 1.29 is 4.92 Å². The van der Waals surface area contributed by atoms with Crippen molar-refractivity contribution in [2.45, 2.75) is 59.9 Å². The van der Waals surface area contributed by atoms with Crippen molar-refractivity contribution in [3.8, 4) is 0 Å². The summed E-state index contributed by atoms with van der Waals surface area (Å²) in [6, 6.07) is 0.263. The van der Waals surface area contributed by atoms with Crippen LogP contribution in [-0.4, -0.2) is 32.5 Å². The quantitative estimate of drug-likeness (QED) is 0.589. The first-order valence-corrected chi connectivity index (χ1v) is 10.4. The number of nitrogens with one attached hydrogen (secondary N) is 1. The van der Waals surface area contributed by atoms with Crippen molar-refractivity contribution in [3.63, 3.8) is 0 Å². The fraction of sp³-hybridized carbons (Fsp3) is 0.632. The molecule has 2 aromatic heterocycles. The van der Waals surface area contributed by atoms with E-state index >= 15 is 0 Å². The van der Waals surface area contributed by atoms with Crippen molar-refractivity contribution in [2.24, 2.45) is 10.8 Å². The van der Waals surface area contributed by atoms with E-state index in [0.29, 0.717) is 10.9 Å². The molecule has 0 radical (unpaired) electrons. The molecule has 1 aliphatic heterocycles. The van der Waals surface area contributed by atoms with E-state index in [1.807, 2.05) is 13.8 Å². The summed E-state index contributed by atoms with van der Waals surface area (Å²) in [5, 5.41) is 15.7. The van der Waals surface area contributed by atoms with E-state index in [-0.39, 0.29) is 33.3 Å². The number of hydrogen-bond donors (Lipinski definition) is 1. The predicted molar refractivity (Wildman–Crippen MR) is 110 cm³/mol. The maximum atomic E-state index is 12.0. The largest absolute Gasteiger partial charge is 0.353 e. The lowest BCUT2D eigenvalue weighted by Crippen LogP contribution is -2.35. The minimum absolute atomic E-state index is 0.0676. The van der Waals surface area contributed by atoms with Gasteiger partial charge in [-0.15, -0.1) is 11.3 Å². The third kappa shape index (κ3) is 3.32. The van der Waals surface area contributed by atoms with E-state index in [4.69, 9.17) is 0 Å². The Balaban J connectivity index is 1.73. The number of hydrogen-bond acceptors (Lipinski definition) is 8. The second-order valence-corrected chi connectivity index (χ2v) is 10.5. The topological polar surface area (TPSA) is 97.1 Å². The van der Waals surface area contributed by atoms with E-state index in [1.165, 1.54) is 17.7 Å². The molecule has 2 unspecified atom stereocenters. The van der Waals surface area contributed by atoms with E-state index < -0.39 is 0 Å². The minimum Gasteiger partial charge on any atom is -0.347 e. The SMILES string of the molecule is Cc1nc(Nc2ncnc(N3CC4(C)CC3CC(C)(C)C4)c2[N+](=O)[O-])sc1C. The first-order chi connectivity index (χ1) is 13.1. The molecule has 0 aromatic carbocycles. The van der Waals surface area contributed by atoms with Gasteiger partial charge in [-0.2, -0.15) is 0 Å². The van der Waals surface area contributed by atoms with E-state index in [1.54, 1.807) is 0 Å². The average Bonchev–Trinajstić information content (AvgIpc) is 3.01. The van der Waals surface area contributed by atoms with Gasteiger partial charge in [0, 0.05) is 17.5 Å². The van der Waals surface area contributed by atoms with E-state index in [0.717, 1.165) is 36.4 Å². The van der Waals surface area contributed by atoms with Crippen molar-refractivity contribution >= 4 is 33.8 Å². The highest BCUT2D eigenvalue weighted by Crippen LogP contribution is 2.54. The van der Waals surface area contributed by atoms with Crippen molar-refractivity contribution in [2.75, 3.05) is 16.8 Å². The summed E-state index contributed by atoms with van der Waals surface area (Å²) in [6.45, 7) is 11.5. The van der Waals surface area contributed by atoms with Gasteiger partial charge < -0.3 is 10.2 Å². The highest BCUT2D eigenvalue weighted by molar-refractivity contribution is 7.15. The molecule has 2 aromatic rings. The molecule has 3 heterocycles. The number of rotatable bonds is 4. The zero-order valence-corrected chi connectivity index (χ0v) is 17.8. The number of nitro groups is 1. The molecule has 9 heteroatoms. The molecule has 4 rings (SSSR count). The number of thiazole rings is 1. The maximum absolute atomic E-state index is 12.0. The van der Waals surface area contributed by atoms with Crippen molar-refractivity contribution in [3.05, 3.63) is 27.0 Å². The van der Waals surface area contributed by atoms with Crippen LogP contribution in [-0.2, 0) is 0 Å². The molecule has 2 aliphatic rings. The van der Waals surface area contributed by atoms with Gasteiger partial charge in [0.15, 0.2) is 5.13 Å². The molecule has 2 fully saturated rings. The maximum Gasteiger partial charge on any atom is 0.353 e.